The molecule has 0 aliphatic carbocycles. The van der Waals surface area contributed by atoms with Crippen LogP contribution in [0, 0.1) is 11.7 Å². The lowest BCUT2D eigenvalue weighted by Crippen LogP contribution is -2.49. The summed E-state index contributed by atoms with van der Waals surface area (Å²) in [6, 6.07) is 23.9. The summed E-state index contributed by atoms with van der Waals surface area (Å²) in [4.78, 5) is 6.47. The van der Waals surface area contributed by atoms with Crippen molar-refractivity contribution in [3.8, 4) is 11.3 Å². The van der Waals surface area contributed by atoms with E-state index in [1.165, 1.54) is 11.1 Å². The van der Waals surface area contributed by atoms with Gasteiger partial charge in [-0.2, -0.15) is 0 Å². The molecule has 1 fully saturated rings. The van der Waals surface area contributed by atoms with Gasteiger partial charge in [-0.25, -0.2) is 9.28 Å². The second-order valence-corrected chi connectivity index (χ2v) is 8.68. The van der Waals surface area contributed by atoms with E-state index >= 15 is 4.39 Å². The molecule has 0 bridgehead atoms. The van der Waals surface area contributed by atoms with Crippen LogP contribution < -0.4 is 0 Å². The molecule has 1 aliphatic rings. The van der Waals surface area contributed by atoms with Gasteiger partial charge in [0.2, 0.25) is 0 Å². The highest BCUT2D eigenvalue weighted by Crippen LogP contribution is 2.34. The summed E-state index contributed by atoms with van der Waals surface area (Å²) in [6.45, 7) is 4.08. The predicted molar refractivity (Wildman–Crippen MR) is 123 cm³/mol. The molecule has 164 valence electrons. The van der Waals surface area contributed by atoms with E-state index in [0.29, 0.717) is 23.8 Å². The molecule has 0 radical (unpaired) electrons. The van der Waals surface area contributed by atoms with Crippen LogP contribution in [-0.4, -0.2) is 29.9 Å². The molecule has 1 aliphatic heterocycles. The number of halogens is 1. The molecule has 2 heterocycles. The highest BCUT2D eigenvalue weighted by atomic mass is 19.1. The maximum Gasteiger partial charge on any atom is 0.138 e. The Labute approximate surface area is 186 Å². The average Bonchev–Trinajstić information content (AvgIpc) is 3.19. The predicted octanol–water partition coefficient (Wildman–Crippen LogP) is 6.31. The number of likely N-dealkylation sites (tertiary alicyclic amines) is 1. The summed E-state index contributed by atoms with van der Waals surface area (Å²) in [7, 11) is 0. The van der Waals surface area contributed by atoms with Crippen molar-refractivity contribution in [2.24, 2.45) is 5.92 Å². The van der Waals surface area contributed by atoms with E-state index in [4.69, 9.17) is 9.67 Å². The first kappa shape index (κ1) is 20.9. The molecule has 0 amide bonds. The summed E-state index contributed by atoms with van der Waals surface area (Å²) < 4.78 is 21.0. The first-order valence-corrected chi connectivity index (χ1v) is 11.0. The molecule has 4 nitrogen and oxygen atoms in total. The summed E-state index contributed by atoms with van der Waals surface area (Å²) in [6.07, 6.45) is 0.847. The van der Waals surface area contributed by atoms with Crippen LogP contribution in [0.5, 0.6) is 0 Å². The minimum Gasteiger partial charge on any atom is -0.456 e. The number of benzene rings is 3. The van der Waals surface area contributed by atoms with E-state index in [-0.39, 0.29) is 11.9 Å². The van der Waals surface area contributed by atoms with Gasteiger partial charge in [0.15, 0.2) is 0 Å². The minimum atomic E-state index is -0.284. The SMILES string of the molecule is CC(c1ccc(-c2cc3cc(Cc4ccccc4)ccc3o2)c(F)c1)N1CC(COO)C1. The van der Waals surface area contributed by atoms with Gasteiger partial charge in [-0.1, -0.05) is 42.5 Å². The molecule has 32 heavy (non-hydrogen) atoms. The fraction of sp³-hybridized carbons (Fsp3) is 0.259. The normalized spacial score (nSPS) is 15.7. The summed E-state index contributed by atoms with van der Waals surface area (Å²) >= 11 is 0. The fourth-order valence-electron chi connectivity index (χ4n) is 4.51. The lowest BCUT2D eigenvalue weighted by Gasteiger charge is -2.42. The molecule has 5 heteroatoms. The van der Waals surface area contributed by atoms with Crippen molar-refractivity contribution >= 4 is 11.0 Å². The van der Waals surface area contributed by atoms with Crippen molar-refractivity contribution < 1.29 is 19.0 Å². The van der Waals surface area contributed by atoms with Crippen LogP contribution in [-0.2, 0) is 11.3 Å². The summed E-state index contributed by atoms with van der Waals surface area (Å²) in [5, 5.41) is 9.55. The molecule has 1 N–H and O–H groups in total. The van der Waals surface area contributed by atoms with Crippen LogP contribution in [0.25, 0.3) is 22.3 Å². The molecule has 4 aromatic rings. The first-order chi connectivity index (χ1) is 15.6. The number of hydrogen-bond acceptors (Lipinski definition) is 4. The van der Waals surface area contributed by atoms with Crippen LogP contribution in [0.4, 0.5) is 4.39 Å². The van der Waals surface area contributed by atoms with E-state index in [9.17, 15) is 0 Å². The zero-order valence-corrected chi connectivity index (χ0v) is 18.0. The van der Waals surface area contributed by atoms with Gasteiger partial charge in [-0.3, -0.25) is 10.2 Å². The monoisotopic (exact) mass is 431 g/mol. The summed E-state index contributed by atoms with van der Waals surface area (Å²) in [5.41, 5.74) is 4.60. The standard InChI is InChI=1S/C27H26FNO3/c1-18(29-15-21(16-29)17-31-30)22-8-9-24(25(28)13-22)27-14-23-12-20(7-10-26(23)32-27)11-19-5-3-2-4-6-19/h2-10,12-14,18,21,30H,11,15-17H2,1H3. The third-order valence-corrected chi connectivity index (χ3v) is 6.42. The Morgan fingerprint density at radius 1 is 1.03 bits per heavy atom. The molecule has 5 rings (SSSR count). The van der Waals surface area contributed by atoms with Crippen molar-refractivity contribution in [2.75, 3.05) is 19.7 Å². The maximum atomic E-state index is 15.0. The Hall–Kier alpha value is -2.99. The van der Waals surface area contributed by atoms with E-state index in [0.717, 1.165) is 36.0 Å². The molecule has 1 saturated heterocycles. The average molecular weight is 432 g/mol. The van der Waals surface area contributed by atoms with Crippen molar-refractivity contribution in [1.29, 1.82) is 0 Å². The molecule has 0 spiro atoms. The number of fused-ring (bicyclic) bond motifs is 1. The van der Waals surface area contributed by atoms with Crippen LogP contribution >= 0.6 is 0 Å². The number of hydrogen-bond donors (Lipinski definition) is 1. The molecule has 3 aromatic carbocycles. The quantitative estimate of drug-likeness (QED) is 0.275. The van der Waals surface area contributed by atoms with Gasteiger partial charge < -0.3 is 4.42 Å². The second-order valence-electron chi connectivity index (χ2n) is 8.68. The van der Waals surface area contributed by atoms with Gasteiger partial charge in [0.25, 0.3) is 0 Å². The Morgan fingerprint density at radius 2 is 1.84 bits per heavy atom. The zero-order chi connectivity index (χ0) is 22.1. The van der Waals surface area contributed by atoms with Gasteiger partial charge in [-0.15, -0.1) is 0 Å². The van der Waals surface area contributed by atoms with Crippen molar-refractivity contribution in [1.82, 2.24) is 4.90 Å². The Kier molecular flexibility index (Phi) is 5.79. The summed E-state index contributed by atoms with van der Waals surface area (Å²) in [5.74, 6) is 0.584. The number of furan rings is 1. The van der Waals surface area contributed by atoms with Gasteiger partial charge in [0, 0.05) is 30.4 Å². The highest BCUT2D eigenvalue weighted by Gasteiger charge is 2.31. The zero-order valence-electron chi connectivity index (χ0n) is 18.0. The Morgan fingerprint density at radius 3 is 2.59 bits per heavy atom. The third-order valence-electron chi connectivity index (χ3n) is 6.42. The number of nitrogens with zero attached hydrogens (tertiary/aromatic N) is 1. The largest absolute Gasteiger partial charge is 0.456 e. The number of rotatable bonds is 7. The lowest BCUT2D eigenvalue weighted by atomic mass is 9.95. The molecular formula is C27H26FNO3. The fourth-order valence-corrected chi connectivity index (χ4v) is 4.51. The molecular weight excluding hydrogens is 405 g/mol. The molecule has 0 saturated carbocycles. The second kappa shape index (κ2) is 8.87. The van der Waals surface area contributed by atoms with Crippen LogP contribution in [0.1, 0.15) is 29.7 Å². The van der Waals surface area contributed by atoms with E-state index in [1.807, 2.05) is 36.4 Å². The molecule has 1 atom stereocenters. The Bertz CT molecular complexity index is 1210. The van der Waals surface area contributed by atoms with Gasteiger partial charge in [0.1, 0.15) is 17.2 Å². The topological polar surface area (TPSA) is 45.8 Å². The van der Waals surface area contributed by atoms with Crippen molar-refractivity contribution in [3.05, 3.63) is 95.3 Å². The first-order valence-electron chi connectivity index (χ1n) is 11.0. The molecule has 1 aromatic heterocycles. The Balaban J connectivity index is 1.34. The minimum absolute atomic E-state index is 0.102. The van der Waals surface area contributed by atoms with Crippen LogP contribution in [0.2, 0.25) is 0 Å². The van der Waals surface area contributed by atoms with Crippen molar-refractivity contribution in [2.45, 2.75) is 19.4 Å². The smallest absolute Gasteiger partial charge is 0.138 e. The molecule has 1 unspecified atom stereocenters. The van der Waals surface area contributed by atoms with Gasteiger partial charge in [-0.05, 0) is 60.4 Å². The maximum absolute atomic E-state index is 15.0. The van der Waals surface area contributed by atoms with E-state index in [2.05, 4.69) is 41.0 Å². The van der Waals surface area contributed by atoms with E-state index in [1.54, 1.807) is 12.1 Å². The van der Waals surface area contributed by atoms with E-state index < -0.39 is 0 Å². The van der Waals surface area contributed by atoms with Crippen LogP contribution in [0.15, 0.2) is 77.2 Å². The van der Waals surface area contributed by atoms with Gasteiger partial charge in [0.05, 0.1) is 12.2 Å². The van der Waals surface area contributed by atoms with Crippen LogP contribution in [0.3, 0.4) is 0 Å². The third kappa shape index (κ3) is 4.19. The lowest BCUT2D eigenvalue weighted by molar-refractivity contribution is -0.259. The highest BCUT2D eigenvalue weighted by molar-refractivity contribution is 5.83. The van der Waals surface area contributed by atoms with Crippen molar-refractivity contribution in [3.63, 3.8) is 0 Å². The van der Waals surface area contributed by atoms with Gasteiger partial charge >= 0.3 is 0 Å².